The molecular formula is C19H20F4N2O3S. The Kier molecular flexibility index (Phi) is 5.61. The van der Waals surface area contributed by atoms with Gasteiger partial charge in [0.25, 0.3) is 0 Å². The number of aromatic nitrogens is 1. The average molecular weight is 432 g/mol. The molecule has 0 bridgehead atoms. The molecule has 0 radical (unpaired) electrons. The van der Waals surface area contributed by atoms with Crippen LogP contribution in [0.15, 0.2) is 36.5 Å². The predicted molar refractivity (Wildman–Crippen MR) is 99.2 cm³/mol. The summed E-state index contributed by atoms with van der Waals surface area (Å²) in [5, 5.41) is 0. The number of hydrogen-bond acceptors (Lipinski definition) is 4. The van der Waals surface area contributed by atoms with E-state index >= 15 is 4.39 Å². The van der Waals surface area contributed by atoms with Gasteiger partial charge in [0.1, 0.15) is 28.5 Å². The van der Waals surface area contributed by atoms with Crippen molar-refractivity contribution in [2.24, 2.45) is 0 Å². The highest BCUT2D eigenvalue weighted by Gasteiger charge is 2.45. The van der Waals surface area contributed by atoms with Gasteiger partial charge in [0.05, 0.1) is 22.3 Å². The molecular weight excluding hydrogens is 412 g/mol. The number of rotatable bonds is 4. The summed E-state index contributed by atoms with van der Waals surface area (Å²) in [7, 11) is -1.63. The number of benzene rings is 1. The normalized spacial score (nSPS) is 20.5. The van der Waals surface area contributed by atoms with Crippen molar-refractivity contribution >= 4 is 11.0 Å². The Bertz CT molecular complexity index is 930. The minimum Gasteiger partial charge on any atom is -0.491 e. The highest BCUT2D eigenvalue weighted by Crippen LogP contribution is 2.43. The van der Waals surface area contributed by atoms with Gasteiger partial charge in [0.15, 0.2) is 0 Å². The van der Waals surface area contributed by atoms with Crippen molar-refractivity contribution in [3.05, 3.63) is 53.6 Å². The van der Waals surface area contributed by atoms with Crippen molar-refractivity contribution in [1.29, 1.82) is 0 Å². The summed E-state index contributed by atoms with van der Waals surface area (Å²) in [5.41, 5.74) is -1.03. The second-order valence-corrected chi connectivity index (χ2v) is 9.49. The lowest BCUT2D eigenvalue weighted by molar-refractivity contribution is -0.274. The van der Waals surface area contributed by atoms with Crippen molar-refractivity contribution in [2.45, 2.75) is 43.8 Å². The van der Waals surface area contributed by atoms with Gasteiger partial charge < -0.3 is 9.47 Å². The molecule has 0 fully saturated rings. The predicted octanol–water partition coefficient (Wildman–Crippen LogP) is 4.20. The third-order valence-electron chi connectivity index (χ3n) is 4.37. The topological polar surface area (TPSA) is 60.5 Å². The molecule has 3 rings (SSSR count). The van der Waals surface area contributed by atoms with E-state index in [4.69, 9.17) is 4.74 Å². The smallest absolute Gasteiger partial charge is 0.491 e. The molecule has 2 aromatic rings. The van der Waals surface area contributed by atoms with Gasteiger partial charge >= 0.3 is 6.36 Å². The van der Waals surface area contributed by atoms with E-state index in [1.54, 1.807) is 32.9 Å². The standard InChI is InChI=1S/C19H20F4N2O3S/c1-17(2,3)29(26)25-18(8-10-27-15-5-4-9-24-16(15)18)13-7-6-12(11-14(13)20)28-19(21,22)23/h4-7,9,11,25H,8,10H2,1-3H3. The lowest BCUT2D eigenvalue weighted by Crippen LogP contribution is -2.52. The fourth-order valence-corrected chi connectivity index (χ4v) is 3.96. The zero-order valence-corrected chi connectivity index (χ0v) is 16.8. The van der Waals surface area contributed by atoms with E-state index in [0.717, 1.165) is 6.07 Å². The number of hydrogen-bond donors (Lipinski definition) is 1. The third-order valence-corrected chi connectivity index (χ3v) is 6.01. The molecule has 0 saturated heterocycles. The lowest BCUT2D eigenvalue weighted by Gasteiger charge is -2.40. The number of nitrogens with zero attached hydrogens (tertiary/aromatic N) is 1. The van der Waals surface area contributed by atoms with Gasteiger partial charge in [-0.15, -0.1) is 13.2 Å². The van der Waals surface area contributed by atoms with Crippen LogP contribution >= 0.6 is 0 Å². The molecule has 1 N–H and O–H groups in total. The Balaban J connectivity index is 2.14. The summed E-state index contributed by atoms with van der Waals surface area (Å²) in [6.07, 6.45) is -3.28. The maximum absolute atomic E-state index is 15.0. The molecule has 1 aromatic carbocycles. The maximum Gasteiger partial charge on any atom is 0.573 e. The van der Waals surface area contributed by atoms with Crippen LogP contribution in [-0.2, 0) is 16.5 Å². The van der Waals surface area contributed by atoms with Crippen LogP contribution in [0.25, 0.3) is 0 Å². The number of pyridine rings is 1. The maximum atomic E-state index is 15.0. The Hall–Kier alpha value is -2.20. The second-order valence-electron chi connectivity index (χ2n) is 7.53. The zero-order valence-electron chi connectivity index (χ0n) is 16.0. The molecule has 1 aliphatic rings. The van der Waals surface area contributed by atoms with E-state index < -0.39 is 39.2 Å². The molecule has 2 unspecified atom stereocenters. The van der Waals surface area contributed by atoms with Crippen LogP contribution in [0.3, 0.4) is 0 Å². The van der Waals surface area contributed by atoms with Gasteiger partial charge in [-0.1, -0.05) is 6.07 Å². The van der Waals surface area contributed by atoms with Gasteiger partial charge in [0, 0.05) is 24.2 Å². The summed E-state index contributed by atoms with van der Waals surface area (Å²) < 4.78 is 77.1. The van der Waals surface area contributed by atoms with Crippen molar-refractivity contribution in [2.75, 3.05) is 6.61 Å². The second kappa shape index (κ2) is 7.56. The van der Waals surface area contributed by atoms with Crippen molar-refractivity contribution in [1.82, 2.24) is 9.71 Å². The first-order valence-corrected chi connectivity index (χ1v) is 9.91. The Morgan fingerprint density at radius 3 is 2.59 bits per heavy atom. The van der Waals surface area contributed by atoms with Gasteiger partial charge in [-0.3, -0.25) is 4.98 Å². The fraction of sp³-hybridized carbons (Fsp3) is 0.421. The molecule has 2 atom stereocenters. The van der Waals surface area contributed by atoms with Crippen LogP contribution in [0.1, 0.15) is 38.4 Å². The first-order chi connectivity index (χ1) is 13.4. The molecule has 0 amide bonds. The molecule has 158 valence electrons. The van der Waals surface area contributed by atoms with Crippen molar-refractivity contribution in [3.63, 3.8) is 0 Å². The Morgan fingerprint density at radius 1 is 1.24 bits per heavy atom. The Labute approximate surface area is 168 Å². The molecule has 29 heavy (non-hydrogen) atoms. The van der Waals surface area contributed by atoms with Crippen LogP contribution in [0.5, 0.6) is 11.5 Å². The number of alkyl halides is 3. The number of ether oxygens (including phenoxy) is 2. The van der Waals surface area contributed by atoms with Gasteiger partial charge in [-0.05, 0) is 39.0 Å². The summed E-state index contributed by atoms with van der Waals surface area (Å²) in [5.74, 6) is -1.24. The van der Waals surface area contributed by atoms with Crippen LogP contribution in [0, 0.1) is 5.82 Å². The van der Waals surface area contributed by atoms with Crippen LogP contribution < -0.4 is 14.2 Å². The lowest BCUT2D eigenvalue weighted by atomic mass is 9.82. The molecule has 1 aromatic heterocycles. The SMILES string of the molecule is CC(C)(C)S(=O)NC1(c2ccc(OC(F)(F)F)cc2F)CCOc2cccnc21. The highest BCUT2D eigenvalue weighted by atomic mass is 32.2. The average Bonchev–Trinajstić information content (AvgIpc) is 2.60. The molecule has 1 aliphatic heterocycles. The van der Waals surface area contributed by atoms with E-state index in [1.807, 2.05) is 0 Å². The first kappa shape index (κ1) is 21.5. The monoisotopic (exact) mass is 432 g/mol. The molecule has 0 spiro atoms. The molecule has 5 nitrogen and oxygen atoms in total. The molecule has 0 saturated carbocycles. The molecule has 10 heteroatoms. The molecule has 2 heterocycles. The minimum atomic E-state index is -4.94. The van der Waals surface area contributed by atoms with Crippen molar-refractivity contribution in [3.8, 4) is 11.5 Å². The van der Waals surface area contributed by atoms with E-state index in [-0.39, 0.29) is 18.6 Å². The molecule has 0 aliphatic carbocycles. The number of nitrogens with one attached hydrogen (secondary N) is 1. The number of fused-ring (bicyclic) bond motifs is 1. The van der Waals surface area contributed by atoms with Gasteiger partial charge in [-0.25, -0.2) is 13.3 Å². The van der Waals surface area contributed by atoms with Crippen molar-refractivity contribution < 1.29 is 31.2 Å². The summed E-state index contributed by atoms with van der Waals surface area (Å²) in [6.45, 7) is 5.42. The van der Waals surface area contributed by atoms with Gasteiger partial charge in [-0.2, -0.15) is 0 Å². The van der Waals surface area contributed by atoms with Crippen LogP contribution in [0.2, 0.25) is 0 Å². The largest absolute Gasteiger partial charge is 0.573 e. The van der Waals surface area contributed by atoms with Crippen LogP contribution in [0.4, 0.5) is 17.6 Å². The number of halogens is 4. The van der Waals surface area contributed by atoms with E-state index in [2.05, 4.69) is 14.4 Å². The fourth-order valence-electron chi connectivity index (χ4n) is 3.03. The zero-order chi connectivity index (χ0) is 21.4. The quantitative estimate of drug-likeness (QED) is 0.736. The Morgan fingerprint density at radius 2 is 1.97 bits per heavy atom. The van der Waals surface area contributed by atoms with Crippen LogP contribution in [-0.4, -0.2) is 26.9 Å². The van der Waals surface area contributed by atoms with Gasteiger partial charge in [0.2, 0.25) is 0 Å². The minimum absolute atomic E-state index is 0.00729. The van der Waals surface area contributed by atoms with E-state index in [0.29, 0.717) is 17.5 Å². The summed E-state index contributed by atoms with van der Waals surface area (Å²) >= 11 is 0. The van der Waals surface area contributed by atoms with E-state index in [9.17, 15) is 17.4 Å². The third kappa shape index (κ3) is 4.53. The highest BCUT2D eigenvalue weighted by molar-refractivity contribution is 7.84. The first-order valence-electron chi connectivity index (χ1n) is 8.76. The van der Waals surface area contributed by atoms with E-state index in [1.165, 1.54) is 12.3 Å². The summed E-state index contributed by atoms with van der Waals surface area (Å²) in [4.78, 5) is 4.31. The summed E-state index contributed by atoms with van der Waals surface area (Å²) in [6, 6.07) is 6.16.